The van der Waals surface area contributed by atoms with Crippen molar-refractivity contribution in [1.82, 2.24) is 4.98 Å². The molecule has 0 saturated carbocycles. The van der Waals surface area contributed by atoms with Gasteiger partial charge in [0.25, 0.3) is 10.0 Å². The normalized spacial score (nSPS) is 11.6. The van der Waals surface area contributed by atoms with Crippen LogP contribution in [0.15, 0.2) is 39.9 Å². The molecule has 0 aliphatic heterocycles. The van der Waals surface area contributed by atoms with Gasteiger partial charge in [-0.25, -0.2) is 13.2 Å². The van der Waals surface area contributed by atoms with Crippen molar-refractivity contribution in [2.75, 3.05) is 11.3 Å². The van der Waals surface area contributed by atoms with Gasteiger partial charge in [0, 0.05) is 5.39 Å². The number of hydrogen-bond acceptors (Lipinski definition) is 5. The number of fused-ring (bicyclic) bond motifs is 1. The molecule has 3 rings (SSSR count). The minimum absolute atomic E-state index is 0.232. The number of thiophene rings is 1. The number of anilines is 1. The molecule has 6 nitrogen and oxygen atoms in total. The predicted octanol–water partition coefficient (Wildman–Crippen LogP) is 3.52. The molecule has 2 aromatic heterocycles. The van der Waals surface area contributed by atoms with Crippen molar-refractivity contribution in [1.29, 1.82) is 0 Å². The minimum Gasteiger partial charge on any atom is -0.461 e. The number of benzene rings is 1. The molecule has 0 aliphatic carbocycles. The van der Waals surface area contributed by atoms with Crippen LogP contribution in [0.1, 0.15) is 23.0 Å². The van der Waals surface area contributed by atoms with Crippen LogP contribution < -0.4 is 4.72 Å². The molecule has 1 aromatic carbocycles. The van der Waals surface area contributed by atoms with Gasteiger partial charge in [-0.3, -0.25) is 4.72 Å². The average molecular weight is 364 g/mol. The van der Waals surface area contributed by atoms with E-state index in [1.807, 2.05) is 6.07 Å². The molecule has 0 amide bonds. The van der Waals surface area contributed by atoms with Crippen molar-refractivity contribution in [3.63, 3.8) is 0 Å². The zero-order chi connectivity index (χ0) is 17.3. The Morgan fingerprint density at radius 2 is 2.12 bits per heavy atom. The second-order valence-corrected chi connectivity index (χ2v) is 8.02. The molecule has 24 heavy (non-hydrogen) atoms. The zero-order valence-electron chi connectivity index (χ0n) is 13.1. The van der Waals surface area contributed by atoms with Gasteiger partial charge in [0.1, 0.15) is 9.90 Å². The lowest BCUT2D eigenvalue weighted by Gasteiger charge is -2.10. The Morgan fingerprint density at radius 1 is 1.33 bits per heavy atom. The van der Waals surface area contributed by atoms with Crippen LogP contribution in [-0.4, -0.2) is 26.0 Å². The van der Waals surface area contributed by atoms with Gasteiger partial charge in [-0.1, -0.05) is 18.2 Å². The zero-order valence-corrected chi connectivity index (χ0v) is 14.8. The third-order valence-electron chi connectivity index (χ3n) is 3.50. The summed E-state index contributed by atoms with van der Waals surface area (Å²) in [6, 6.07) is 8.50. The number of aryl methyl sites for hydroxylation is 1. The SMILES string of the molecule is CCOC(=O)c1cc2ccc(C)c(NS(=O)(=O)c3cccs3)c2[nH]1. The fourth-order valence-electron chi connectivity index (χ4n) is 2.36. The number of ether oxygens (including phenoxy) is 1. The molecule has 0 radical (unpaired) electrons. The largest absolute Gasteiger partial charge is 0.461 e. The molecule has 0 saturated heterocycles. The van der Waals surface area contributed by atoms with Gasteiger partial charge in [0.15, 0.2) is 0 Å². The Balaban J connectivity index is 2.07. The molecule has 2 N–H and O–H groups in total. The molecule has 0 unspecified atom stereocenters. The highest BCUT2D eigenvalue weighted by atomic mass is 32.2. The van der Waals surface area contributed by atoms with E-state index in [1.165, 1.54) is 0 Å². The number of nitrogens with one attached hydrogen (secondary N) is 2. The van der Waals surface area contributed by atoms with Crippen molar-refractivity contribution in [3.05, 3.63) is 47.0 Å². The van der Waals surface area contributed by atoms with Gasteiger partial charge in [0.2, 0.25) is 0 Å². The second kappa shape index (κ2) is 6.29. The molecule has 8 heteroatoms. The molecule has 0 fully saturated rings. The third-order valence-corrected chi connectivity index (χ3v) is 6.24. The van der Waals surface area contributed by atoms with Gasteiger partial charge >= 0.3 is 5.97 Å². The van der Waals surface area contributed by atoms with Gasteiger partial charge in [-0.05, 0) is 36.9 Å². The van der Waals surface area contributed by atoms with Crippen LogP contribution in [-0.2, 0) is 14.8 Å². The van der Waals surface area contributed by atoms with E-state index in [1.54, 1.807) is 43.5 Å². The first-order valence-electron chi connectivity index (χ1n) is 7.28. The van der Waals surface area contributed by atoms with Crippen LogP contribution >= 0.6 is 11.3 Å². The lowest BCUT2D eigenvalue weighted by Crippen LogP contribution is -2.13. The Hall–Kier alpha value is -2.32. The van der Waals surface area contributed by atoms with Gasteiger partial charge in [0.05, 0.1) is 17.8 Å². The predicted molar refractivity (Wildman–Crippen MR) is 94.1 cm³/mol. The van der Waals surface area contributed by atoms with E-state index in [9.17, 15) is 13.2 Å². The number of carbonyl (C=O) groups excluding carboxylic acids is 1. The van der Waals surface area contributed by atoms with Gasteiger partial charge in [-0.2, -0.15) is 0 Å². The Kier molecular flexibility index (Phi) is 4.33. The number of aromatic amines is 1. The number of carbonyl (C=O) groups is 1. The Bertz CT molecular complexity index is 989. The molecule has 0 atom stereocenters. The number of esters is 1. The first-order valence-corrected chi connectivity index (χ1v) is 9.64. The first-order chi connectivity index (χ1) is 11.4. The van der Waals surface area contributed by atoms with Crippen molar-refractivity contribution in [2.45, 2.75) is 18.1 Å². The number of rotatable bonds is 5. The van der Waals surface area contributed by atoms with Crippen LogP contribution in [0.2, 0.25) is 0 Å². The topological polar surface area (TPSA) is 88.3 Å². The third kappa shape index (κ3) is 3.02. The maximum Gasteiger partial charge on any atom is 0.354 e. The summed E-state index contributed by atoms with van der Waals surface area (Å²) in [6.45, 7) is 3.80. The quantitative estimate of drug-likeness (QED) is 0.678. The van der Waals surface area contributed by atoms with Crippen LogP contribution in [0.5, 0.6) is 0 Å². The maximum absolute atomic E-state index is 12.5. The highest BCUT2D eigenvalue weighted by molar-refractivity contribution is 7.94. The summed E-state index contributed by atoms with van der Waals surface area (Å²) in [4.78, 5) is 14.9. The smallest absolute Gasteiger partial charge is 0.354 e. The molecule has 3 aromatic rings. The standard InChI is InChI=1S/C16H16N2O4S2/c1-3-22-16(19)12-9-11-7-6-10(2)14(15(11)17-12)18-24(20,21)13-5-4-8-23-13/h4-9,17-18H,3H2,1-2H3. The number of H-pyrrole nitrogens is 1. The molecule has 2 heterocycles. The van der Waals surface area contributed by atoms with Crippen LogP contribution in [0, 0.1) is 6.92 Å². The fourth-order valence-corrected chi connectivity index (χ4v) is 4.49. The highest BCUT2D eigenvalue weighted by Gasteiger charge is 2.20. The molecule has 0 aliphatic rings. The van der Waals surface area contributed by atoms with Crippen molar-refractivity contribution >= 4 is 43.9 Å². The Morgan fingerprint density at radius 3 is 2.79 bits per heavy atom. The lowest BCUT2D eigenvalue weighted by molar-refractivity contribution is 0.0520. The second-order valence-electron chi connectivity index (χ2n) is 5.16. The first kappa shape index (κ1) is 16.5. The van der Waals surface area contributed by atoms with Crippen LogP contribution in [0.25, 0.3) is 10.9 Å². The summed E-state index contributed by atoms with van der Waals surface area (Å²) in [7, 11) is -3.67. The molecule has 126 valence electrons. The monoisotopic (exact) mass is 364 g/mol. The summed E-state index contributed by atoms with van der Waals surface area (Å²) in [5.74, 6) is -0.474. The number of sulfonamides is 1. The summed E-state index contributed by atoms with van der Waals surface area (Å²) >= 11 is 1.14. The number of aromatic nitrogens is 1. The Labute approximate surface area is 143 Å². The van der Waals surface area contributed by atoms with Gasteiger partial charge < -0.3 is 9.72 Å². The van der Waals surface area contributed by atoms with E-state index in [2.05, 4.69) is 9.71 Å². The minimum atomic E-state index is -3.67. The van der Waals surface area contributed by atoms with Crippen LogP contribution in [0.4, 0.5) is 5.69 Å². The molecule has 0 bridgehead atoms. The lowest BCUT2D eigenvalue weighted by atomic mass is 10.1. The van der Waals surface area contributed by atoms with E-state index >= 15 is 0 Å². The molecule has 0 spiro atoms. The van der Waals surface area contributed by atoms with Crippen molar-refractivity contribution in [2.24, 2.45) is 0 Å². The highest BCUT2D eigenvalue weighted by Crippen LogP contribution is 2.30. The summed E-state index contributed by atoms with van der Waals surface area (Å²) in [5, 5.41) is 2.43. The van der Waals surface area contributed by atoms with E-state index < -0.39 is 16.0 Å². The summed E-state index contributed by atoms with van der Waals surface area (Å²) in [5.41, 5.74) is 2.02. The molecular formula is C16H16N2O4S2. The summed E-state index contributed by atoms with van der Waals surface area (Å²) in [6.07, 6.45) is 0. The van der Waals surface area contributed by atoms with Crippen molar-refractivity contribution in [3.8, 4) is 0 Å². The van der Waals surface area contributed by atoms with Gasteiger partial charge in [-0.15, -0.1) is 11.3 Å². The van der Waals surface area contributed by atoms with E-state index in [0.29, 0.717) is 11.2 Å². The van der Waals surface area contributed by atoms with E-state index in [0.717, 1.165) is 22.3 Å². The fraction of sp³-hybridized carbons (Fsp3) is 0.188. The van der Waals surface area contributed by atoms with Crippen LogP contribution in [0.3, 0.4) is 0 Å². The van der Waals surface area contributed by atoms with E-state index in [4.69, 9.17) is 4.74 Å². The molecular weight excluding hydrogens is 348 g/mol. The number of hydrogen-bond donors (Lipinski definition) is 2. The summed E-state index contributed by atoms with van der Waals surface area (Å²) < 4.78 is 32.8. The maximum atomic E-state index is 12.5. The van der Waals surface area contributed by atoms with E-state index in [-0.39, 0.29) is 16.5 Å². The van der Waals surface area contributed by atoms with Crippen molar-refractivity contribution < 1.29 is 17.9 Å². The average Bonchev–Trinajstić information content (AvgIpc) is 3.19.